The maximum absolute atomic E-state index is 10.1. The third-order valence-corrected chi connectivity index (χ3v) is 13.4. The second-order valence-electron chi connectivity index (χ2n) is 18.9. The van der Waals surface area contributed by atoms with Crippen molar-refractivity contribution in [3.8, 4) is 0 Å². The van der Waals surface area contributed by atoms with Gasteiger partial charge in [0.25, 0.3) is 0 Å². The average molecular weight is 1040 g/mol. The molecule has 0 saturated carbocycles. The zero-order valence-corrected chi connectivity index (χ0v) is 43.8. The highest BCUT2D eigenvalue weighted by molar-refractivity contribution is 4.95. The lowest BCUT2D eigenvalue weighted by Crippen LogP contribution is -2.62. The van der Waals surface area contributed by atoms with E-state index in [1.54, 1.807) is 9.80 Å². The van der Waals surface area contributed by atoms with Crippen molar-refractivity contribution in [1.29, 1.82) is 0 Å². The molecular formula is C50H100N6O16. The van der Waals surface area contributed by atoms with Crippen LogP contribution in [0.25, 0.3) is 10.4 Å². The summed E-state index contributed by atoms with van der Waals surface area (Å²) in [5.74, 6) is 0. The third kappa shape index (κ3) is 32.9. The van der Waals surface area contributed by atoms with Crippen LogP contribution in [0.15, 0.2) is 5.11 Å². The molecule has 8 atom stereocenters. The summed E-state index contributed by atoms with van der Waals surface area (Å²) < 4.78 is 45.6. The first-order valence-electron chi connectivity index (χ1n) is 27.4. The normalized spacial score (nSPS) is 23.1. The van der Waals surface area contributed by atoms with Gasteiger partial charge >= 0.3 is 0 Å². The van der Waals surface area contributed by atoms with Gasteiger partial charge in [0.1, 0.15) is 24.4 Å². The summed E-state index contributed by atoms with van der Waals surface area (Å²) in [4.78, 5) is 8.65. The lowest BCUT2D eigenvalue weighted by molar-refractivity contribution is -0.147. The van der Waals surface area contributed by atoms with Gasteiger partial charge in [-0.15, -0.1) is 0 Å². The van der Waals surface area contributed by atoms with Crippen LogP contribution in [0.2, 0.25) is 0 Å². The predicted molar refractivity (Wildman–Crippen MR) is 272 cm³/mol. The van der Waals surface area contributed by atoms with E-state index in [9.17, 15) is 40.9 Å². The number of nitrogens with zero attached hydrogens (tertiary/aromatic N) is 6. The van der Waals surface area contributed by atoms with E-state index in [2.05, 4.69) is 14.9 Å². The van der Waals surface area contributed by atoms with E-state index in [4.69, 9.17) is 43.4 Å². The molecule has 2 aliphatic rings. The van der Waals surface area contributed by atoms with E-state index in [-0.39, 0.29) is 26.3 Å². The van der Waals surface area contributed by atoms with E-state index in [0.29, 0.717) is 125 Å². The van der Waals surface area contributed by atoms with Crippen molar-refractivity contribution in [3.05, 3.63) is 10.4 Å². The molecule has 0 unspecified atom stereocenters. The minimum Gasteiger partial charge on any atom is -0.395 e. The van der Waals surface area contributed by atoms with Gasteiger partial charge in [-0.05, 0) is 24.9 Å². The first-order chi connectivity index (χ1) is 35.2. The van der Waals surface area contributed by atoms with Crippen LogP contribution in [-0.4, -0.2) is 276 Å². The molecule has 426 valence electrons. The molecule has 2 saturated heterocycles. The largest absolute Gasteiger partial charge is 0.395 e. The second kappa shape index (κ2) is 46.8. The number of β-amino-alcohol motifs (C(OH)–C–C–N with tert-alkyl or cyclic N) is 2. The molecule has 22 heteroatoms. The molecular weight excluding hydrogens is 941 g/mol. The van der Waals surface area contributed by atoms with Gasteiger partial charge in [-0.1, -0.05) is 95.0 Å². The molecule has 0 spiro atoms. The fraction of sp³-hybridized carbons (Fsp3) is 1.00. The van der Waals surface area contributed by atoms with Gasteiger partial charge in [-0.2, -0.15) is 0 Å². The Morgan fingerprint density at radius 2 is 0.681 bits per heavy atom. The fourth-order valence-electron chi connectivity index (χ4n) is 8.92. The SMILES string of the molecule is [N-]=[N+]=NCCCCCCCCCCCCCCCCCCN(CCOCCOCCOCCOCCN1C[C@H](O)[C@@H](O)[C@H](O)[C@H]1CO)CCOCCOCCOCCOCCN1C[C@H](O)[C@@H](O)[C@H](O)[C@H]1CO. The molecule has 0 radical (unpaired) electrons. The Morgan fingerprint density at radius 1 is 0.389 bits per heavy atom. The van der Waals surface area contributed by atoms with Crippen molar-refractivity contribution >= 4 is 0 Å². The fourth-order valence-corrected chi connectivity index (χ4v) is 8.92. The molecule has 22 nitrogen and oxygen atoms in total. The van der Waals surface area contributed by atoms with Gasteiger partial charge in [0.2, 0.25) is 0 Å². The predicted octanol–water partition coefficient (Wildman–Crippen LogP) is 1.49. The maximum atomic E-state index is 10.1. The molecule has 2 fully saturated rings. The highest BCUT2D eigenvalue weighted by Gasteiger charge is 2.41. The van der Waals surface area contributed by atoms with Crippen molar-refractivity contribution in [1.82, 2.24) is 14.7 Å². The van der Waals surface area contributed by atoms with Crippen LogP contribution in [0.5, 0.6) is 0 Å². The van der Waals surface area contributed by atoms with E-state index in [0.717, 1.165) is 38.9 Å². The first kappa shape index (κ1) is 66.7. The van der Waals surface area contributed by atoms with Crippen molar-refractivity contribution in [3.63, 3.8) is 0 Å². The van der Waals surface area contributed by atoms with Crippen LogP contribution in [0.4, 0.5) is 0 Å². The quantitative estimate of drug-likeness (QED) is 0.0185. The third-order valence-electron chi connectivity index (χ3n) is 13.4. The van der Waals surface area contributed by atoms with Gasteiger partial charge in [0.05, 0.1) is 143 Å². The number of unbranched alkanes of at least 4 members (excludes halogenated alkanes) is 15. The van der Waals surface area contributed by atoms with Gasteiger partial charge in [-0.3, -0.25) is 14.7 Å². The molecule has 2 aliphatic heterocycles. The van der Waals surface area contributed by atoms with Crippen LogP contribution in [-0.2, 0) is 37.9 Å². The highest BCUT2D eigenvalue weighted by Crippen LogP contribution is 2.20. The van der Waals surface area contributed by atoms with Gasteiger partial charge in [0, 0.05) is 50.7 Å². The molecule has 72 heavy (non-hydrogen) atoms. The summed E-state index contributed by atoms with van der Waals surface area (Å²) in [6.07, 6.45) is 13.1. The van der Waals surface area contributed by atoms with Crippen LogP contribution < -0.4 is 0 Å². The standard InChI is InChI=1S/C50H100N6O16/c51-53-52-17-15-13-11-9-7-5-3-1-2-4-6-8-10-12-14-16-18-54(19-23-65-27-31-69-35-37-71-33-29-67-25-21-55-39-45(59)49(63)47(61)43(55)41-57)20-24-66-28-32-70-36-38-72-34-30-68-26-22-56-40-46(60)50(64)48(62)44(56)42-58/h43-50,57-64H,1-42H2/t43-,44-,45+,46+,47-,48-,49-,50-/m1/s1. The topological polar surface area (TPSA) is 294 Å². The summed E-state index contributed by atoms with van der Waals surface area (Å²) in [6, 6.07) is -1.30. The van der Waals surface area contributed by atoms with Gasteiger partial charge in [0.15, 0.2) is 0 Å². The molecule has 2 rings (SSSR count). The summed E-state index contributed by atoms with van der Waals surface area (Å²) in [5.41, 5.74) is 8.34. The first-order valence-corrected chi connectivity index (χ1v) is 27.4. The molecule has 0 aliphatic carbocycles. The molecule has 2 heterocycles. The smallest absolute Gasteiger partial charge is 0.109 e. The summed E-state index contributed by atoms with van der Waals surface area (Å²) in [7, 11) is 0. The van der Waals surface area contributed by atoms with Crippen LogP contribution in [0.3, 0.4) is 0 Å². The lowest BCUT2D eigenvalue weighted by atomic mass is 9.94. The Bertz CT molecular complexity index is 1190. The number of azide groups is 1. The number of likely N-dealkylation sites (tertiary alicyclic amines) is 2. The Kier molecular flexibility index (Phi) is 43.3. The van der Waals surface area contributed by atoms with E-state index in [1.807, 2.05) is 0 Å². The monoisotopic (exact) mass is 1040 g/mol. The van der Waals surface area contributed by atoms with E-state index >= 15 is 0 Å². The van der Waals surface area contributed by atoms with Gasteiger partial charge < -0.3 is 78.7 Å². The second-order valence-corrected chi connectivity index (χ2v) is 18.9. The number of hydrogen-bond acceptors (Lipinski definition) is 20. The summed E-state index contributed by atoms with van der Waals surface area (Å²) in [5, 5.41) is 82.6. The minimum absolute atomic E-state index is 0.149. The van der Waals surface area contributed by atoms with Crippen LogP contribution in [0.1, 0.15) is 103 Å². The summed E-state index contributed by atoms with van der Waals surface area (Å²) in [6.45, 7) is 10.7. The van der Waals surface area contributed by atoms with Crippen molar-refractivity contribution in [2.24, 2.45) is 5.11 Å². The Labute approximate surface area is 430 Å². The minimum atomic E-state index is -1.28. The Hall–Kier alpha value is -1.45. The van der Waals surface area contributed by atoms with Gasteiger partial charge in [-0.25, -0.2) is 0 Å². The number of ether oxygens (including phenoxy) is 8. The Balaban J connectivity index is 1.50. The molecule has 0 bridgehead atoms. The molecule has 0 amide bonds. The molecule has 0 aromatic carbocycles. The number of hydrogen-bond donors (Lipinski definition) is 8. The highest BCUT2D eigenvalue weighted by atomic mass is 16.6. The van der Waals surface area contributed by atoms with Crippen LogP contribution in [0, 0.1) is 0 Å². The number of aliphatic hydroxyl groups excluding tert-OH is 8. The molecule has 0 aromatic heterocycles. The van der Waals surface area contributed by atoms with Crippen LogP contribution >= 0.6 is 0 Å². The number of piperidine rings is 2. The number of aliphatic hydroxyl groups is 8. The van der Waals surface area contributed by atoms with E-state index in [1.165, 1.54) is 83.5 Å². The molecule has 0 aromatic rings. The van der Waals surface area contributed by atoms with Crippen molar-refractivity contribution in [2.75, 3.05) is 171 Å². The van der Waals surface area contributed by atoms with Crippen molar-refractivity contribution in [2.45, 2.75) is 151 Å². The lowest BCUT2D eigenvalue weighted by Gasteiger charge is -2.43. The van der Waals surface area contributed by atoms with Crippen molar-refractivity contribution < 1.29 is 78.7 Å². The molecule has 8 N–H and O–H groups in total. The summed E-state index contributed by atoms with van der Waals surface area (Å²) >= 11 is 0. The zero-order valence-electron chi connectivity index (χ0n) is 43.8. The maximum Gasteiger partial charge on any atom is 0.109 e. The average Bonchev–Trinajstić information content (AvgIpc) is 3.37. The van der Waals surface area contributed by atoms with E-state index < -0.39 is 48.7 Å². The number of rotatable bonds is 51. The zero-order chi connectivity index (χ0) is 52.1. The Morgan fingerprint density at radius 3 is 1.00 bits per heavy atom.